The highest BCUT2D eigenvalue weighted by atomic mass is 15.0. The lowest BCUT2D eigenvalue weighted by Crippen LogP contribution is -2.12. The quantitative estimate of drug-likeness (QED) is 0.465. The maximum atomic E-state index is 8.17. The van der Waals surface area contributed by atoms with Crippen molar-refractivity contribution >= 4 is 6.72 Å². The Morgan fingerprint density at radius 3 is 3.00 bits per heavy atom. The molecule has 0 unspecified atom stereocenters. The molecule has 0 saturated heterocycles. The molecule has 0 aliphatic carbocycles. The second kappa shape index (κ2) is 5.83. The van der Waals surface area contributed by atoms with Gasteiger partial charge < -0.3 is 5.32 Å². The van der Waals surface area contributed by atoms with Crippen LogP contribution >= 0.6 is 0 Å². The Bertz CT molecular complexity index is 164. The van der Waals surface area contributed by atoms with E-state index in [-0.39, 0.29) is 0 Å². The zero-order valence-corrected chi connectivity index (χ0v) is 6.09. The summed E-state index contributed by atoms with van der Waals surface area (Å²) in [5.41, 5.74) is 0. The Morgan fingerprint density at radius 2 is 2.60 bits per heavy atom. The number of aliphatic imine (C=N–C) groups is 1. The lowest BCUT2D eigenvalue weighted by atomic mass is 10.4. The molecule has 0 aliphatic heterocycles. The van der Waals surface area contributed by atoms with E-state index in [1.807, 2.05) is 19.1 Å². The van der Waals surface area contributed by atoms with Crippen LogP contribution < -0.4 is 5.32 Å². The summed E-state index contributed by atoms with van der Waals surface area (Å²) in [4.78, 5) is 3.67. The number of hydrogen-bond acceptors (Lipinski definition) is 3. The van der Waals surface area contributed by atoms with Crippen LogP contribution in [0, 0.1) is 11.3 Å². The number of allylic oxidation sites excluding steroid dienone is 1. The van der Waals surface area contributed by atoms with Crippen molar-refractivity contribution in [3.63, 3.8) is 0 Å². The summed E-state index contributed by atoms with van der Waals surface area (Å²) in [7, 11) is 0. The average molecular weight is 137 g/mol. The van der Waals surface area contributed by atoms with Crippen LogP contribution in [0.25, 0.3) is 0 Å². The molecule has 3 nitrogen and oxygen atoms in total. The Morgan fingerprint density at radius 1 is 1.90 bits per heavy atom. The van der Waals surface area contributed by atoms with E-state index in [1.54, 1.807) is 0 Å². The zero-order valence-electron chi connectivity index (χ0n) is 6.09. The highest BCUT2D eigenvalue weighted by molar-refractivity contribution is 5.28. The third-order valence-electron chi connectivity index (χ3n) is 0.987. The maximum absolute atomic E-state index is 8.17. The molecule has 10 heavy (non-hydrogen) atoms. The highest BCUT2D eigenvalue weighted by Gasteiger charge is 1.86. The highest BCUT2D eigenvalue weighted by Crippen LogP contribution is 1.87. The van der Waals surface area contributed by atoms with E-state index in [0.29, 0.717) is 13.0 Å². The first kappa shape index (κ1) is 8.70. The van der Waals surface area contributed by atoms with Gasteiger partial charge in [-0.3, -0.25) is 0 Å². The Labute approximate surface area is 61.1 Å². The predicted molar refractivity (Wildman–Crippen MR) is 41.5 cm³/mol. The molecule has 0 radical (unpaired) electrons. The summed E-state index contributed by atoms with van der Waals surface area (Å²) < 4.78 is 0. The van der Waals surface area contributed by atoms with Crippen LogP contribution in [-0.4, -0.2) is 13.3 Å². The van der Waals surface area contributed by atoms with E-state index >= 15 is 0 Å². The van der Waals surface area contributed by atoms with Gasteiger partial charge in [-0.05, 0) is 19.7 Å². The van der Waals surface area contributed by atoms with Crippen molar-refractivity contribution in [3.8, 4) is 6.07 Å². The molecule has 0 saturated carbocycles. The molecule has 0 aromatic heterocycles. The zero-order chi connectivity index (χ0) is 7.82. The van der Waals surface area contributed by atoms with Crippen molar-refractivity contribution in [2.75, 3.05) is 6.54 Å². The first-order chi connectivity index (χ1) is 4.85. The fourth-order valence-corrected chi connectivity index (χ4v) is 0.496. The first-order valence-corrected chi connectivity index (χ1v) is 3.09. The van der Waals surface area contributed by atoms with Crippen LogP contribution in [0.5, 0.6) is 0 Å². The lowest BCUT2D eigenvalue weighted by Gasteiger charge is -2.00. The van der Waals surface area contributed by atoms with Crippen LogP contribution in [0.1, 0.15) is 13.3 Å². The Kier molecular flexibility index (Phi) is 5.07. The van der Waals surface area contributed by atoms with Crippen molar-refractivity contribution in [3.05, 3.63) is 11.9 Å². The lowest BCUT2D eigenvalue weighted by molar-refractivity contribution is 0.798. The third-order valence-corrected chi connectivity index (χ3v) is 0.987. The molecular formula is C7H11N3. The summed E-state index contributed by atoms with van der Waals surface area (Å²) in [5.74, 6) is 0.732. The number of nitriles is 1. The largest absolute Gasteiger partial charge is 0.369 e. The molecule has 0 aromatic rings. The van der Waals surface area contributed by atoms with Gasteiger partial charge in [0.05, 0.1) is 12.5 Å². The predicted octanol–water partition coefficient (Wildman–Crippen LogP) is 1.05. The summed E-state index contributed by atoms with van der Waals surface area (Å²) in [6.45, 7) is 5.85. The molecule has 0 bridgehead atoms. The van der Waals surface area contributed by atoms with Gasteiger partial charge in [0.1, 0.15) is 5.82 Å². The van der Waals surface area contributed by atoms with Gasteiger partial charge in [0.25, 0.3) is 0 Å². The first-order valence-electron chi connectivity index (χ1n) is 3.09. The number of nitrogens with zero attached hydrogens (tertiary/aromatic N) is 2. The van der Waals surface area contributed by atoms with Crippen molar-refractivity contribution in [2.24, 2.45) is 4.99 Å². The molecule has 54 valence electrons. The van der Waals surface area contributed by atoms with E-state index < -0.39 is 0 Å². The molecule has 3 heteroatoms. The Balaban J connectivity index is 3.48. The van der Waals surface area contributed by atoms with E-state index in [0.717, 1.165) is 5.82 Å². The summed E-state index contributed by atoms with van der Waals surface area (Å²) in [6, 6.07) is 2.02. The van der Waals surface area contributed by atoms with Crippen molar-refractivity contribution < 1.29 is 0 Å². The third kappa shape index (κ3) is 3.67. The second-order valence-electron chi connectivity index (χ2n) is 1.67. The smallest absolute Gasteiger partial charge is 0.120 e. The number of nitrogens with one attached hydrogen (secondary N) is 1. The van der Waals surface area contributed by atoms with Crippen LogP contribution in [0.4, 0.5) is 0 Å². The van der Waals surface area contributed by atoms with Crippen molar-refractivity contribution in [1.82, 2.24) is 5.32 Å². The van der Waals surface area contributed by atoms with Gasteiger partial charge >= 0.3 is 0 Å². The van der Waals surface area contributed by atoms with Gasteiger partial charge in [0, 0.05) is 6.54 Å². The minimum Gasteiger partial charge on any atom is -0.369 e. The van der Waals surface area contributed by atoms with Crippen LogP contribution in [0.15, 0.2) is 16.9 Å². The van der Waals surface area contributed by atoms with Gasteiger partial charge in [-0.15, -0.1) is 0 Å². The maximum Gasteiger partial charge on any atom is 0.120 e. The van der Waals surface area contributed by atoms with Gasteiger partial charge in [-0.2, -0.15) is 5.26 Å². The second-order valence-corrected chi connectivity index (χ2v) is 1.67. The standard InChI is InChI=1S/C7H11N3/c1-3-7(9-2)10-6-4-5-8/h3,10H,2,4,6H2,1H3/b7-3+. The molecule has 0 atom stereocenters. The topological polar surface area (TPSA) is 48.2 Å². The fourth-order valence-electron chi connectivity index (χ4n) is 0.496. The summed E-state index contributed by atoms with van der Waals surface area (Å²) in [5, 5.41) is 11.1. The molecule has 0 heterocycles. The van der Waals surface area contributed by atoms with Gasteiger partial charge in [-0.1, -0.05) is 0 Å². The van der Waals surface area contributed by atoms with Gasteiger partial charge in [-0.25, -0.2) is 4.99 Å². The summed E-state index contributed by atoms with van der Waals surface area (Å²) >= 11 is 0. The molecule has 0 amide bonds. The molecule has 1 N–H and O–H groups in total. The molecule has 0 spiro atoms. The average Bonchev–Trinajstić information content (AvgIpc) is 1.99. The van der Waals surface area contributed by atoms with E-state index in [4.69, 9.17) is 5.26 Å². The van der Waals surface area contributed by atoms with Crippen LogP contribution in [0.2, 0.25) is 0 Å². The van der Waals surface area contributed by atoms with Crippen molar-refractivity contribution in [2.45, 2.75) is 13.3 Å². The molecule has 0 aliphatic rings. The number of hydrogen-bond donors (Lipinski definition) is 1. The molecule has 0 aromatic carbocycles. The minimum atomic E-state index is 0.493. The van der Waals surface area contributed by atoms with Crippen LogP contribution in [-0.2, 0) is 0 Å². The van der Waals surface area contributed by atoms with Crippen molar-refractivity contribution in [1.29, 1.82) is 5.26 Å². The van der Waals surface area contributed by atoms with Gasteiger partial charge in [0.2, 0.25) is 0 Å². The monoisotopic (exact) mass is 137 g/mol. The molecule has 0 rings (SSSR count). The molecular weight excluding hydrogens is 126 g/mol. The molecule has 0 fully saturated rings. The van der Waals surface area contributed by atoms with E-state index in [9.17, 15) is 0 Å². The summed E-state index contributed by atoms with van der Waals surface area (Å²) in [6.07, 6.45) is 2.30. The van der Waals surface area contributed by atoms with E-state index in [2.05, 4.69) is 17.0 Å². The normalized spacial score (nSPS) is 10.2. The fraction of sp³-hybridized carbons (Fsp3) is 0.429. The SMILES string of the molecule is C=N/C(=C\C)NCCC#N. The Hall–Kier alpha value is -1.30. The minimum absolute atomic E-state index is 0.493. The number of rotatable bonds is 4. The van der Waals surface area contributed by atoms with Crippen LogP contribution in [0.3, 0.4) is 0 Å². The van der Waals surface area contributed by atoms with E-state index in [1.165, 1.54) is 0 Å². The van der Waals surface area contributed by atoms with Gasteiger partial charge in [0.15, 0.2) is 0 Å².